The summed E-state index contributed by atoms with van der Waals surface area (Å²) in [6.07, 6.45) is 0. The van der Waals surface area contributed by atoms with Crippen molar-refractivity contribution in [1.82, 2.24) is 20.3 Å². The van der Waals surface area contributed by atoms with Gasteiger partial charge in [-0.2, -0.15) is 0 Å². The number of esters is 1. The smallest absolute Gasteiger partial charge is 0.325 e. The van der Waals surface area contributed by atoms with E-state index in [9.17, 15) is 14.4 Å². The molecule has 0 radical (unpaired) electrons. The van der Waals surface area contributed by atoms with E-state index in [1.165, 1.54) is 13.2 Å². The van der Waals surface area contributed by atoms with Crippen molar-refractivity contribution < 1.29 is 19.1 Å². The Bertz CT molecular complexity index is 1110. The number of aryl methyl sites for hydroxylation is 1. The largest absolute Gasteiger partial charge is 0.468 e. The van der Waals surface area contributed by atoms with Gasteiger partial charge in [-0.1, -0.05) is 23.4 Å². The molecule has 0 aliphatic carbocycles. The average Bonchev–Trinajstić information content (AvgIpc) is 3.13. The molecule has 0 aliphatic rings. The number of aromatic nitrogens is 3. The number of methoxy groups -OCH3 is 1. The standard InChI is InChI=1S/C21H21N5O4/c1-13-6-4-9-17(10-13)26-14(2)19(24-25-26)21(29)23-16-8-5-7-15(11-16)20(28)22-12-18(27)30-3/h4-11H,12H2,1-3H3,(H,22,28)(H,23,29). The van der Waals surface area contributed by atoms with Gasteiger partial charge in [0.25, 0.3) is 11.8 Å². The third kappa shape index (κ3) is 4.69. The molecule has 154 valence electrons. The van der Waals surface area contributed by atoms with Crippen LogP contribution in [0.25, 0.3) is 5.69 Å². The summed E-state index contributed by atoms with van der Waals surface area (Å²) in [5.41, 5.74) is 3.34. The molecule has 0 unspecified atom stereocenters. The molecule has 9 nitrogen and oxygen atoms in total. The third-order valence-corrected chi connectivity index (χ3v) is 4.36. The molecule has 0 saturated heterocycles. The van der Waals surface area contributed by atoms with Crippen LogP contribution in [0.3, 0.4) is 0 Å². The summed E-state index contributed by atoms with van der Waals surface area (Å²) in [4.78, 5) is 36.0. The number of benzene rings is 2. The van der Waals surface area contributed by atoms with E-state index in [0.29, 0.717) is 11.4 Å². The number of hydrogen-bond donors (Lipinski definition) is 2. The maximum atomic E-state index is 12.7. The lowest BCUT2D eigenvalue weighted by atomic mass is 10.2. The molecule has 1 aromatic heterocycles. The van der Waals surface area contributed by atoms with E-state index in [2.05, 4.69) is 25.7 Å². The van der Waals surface area contributed by atoms with Crippen LogP contribution in [0.1, 0.15) is 32.1 Å². The molecular formula is C21H21N5O4. The normalized spacial score (nSPS) is 10.4. The summed E-state index contributed by atoms with van der Waals surface area (Å²) >= 11 is 0. The summed E-state index contributed by atoms with van der Waals surface area (Å²) < 4.78 is 6.08. The van der Waals surface area contributed by atoms with Crippen LogP contribution in [0.5, 0.6) is 0 Å². The zero-order chi connectivity index (χ0) is 21.7. The Hall–Kier alpha value is -4.01. The first-order valence-electron chi connectivity index (χ1n) is 9.15. The van der Waals surface area contributed by atoms with Crippen molar-refractivity contribution in [1.29, 1.82) is 0 Å². The third-order valence-electron chi connectivity index (χ3n) is 4.36. The van der Waals surface area contributed by atoms with E-state index >= 15 is 0 Å². The van der Waals surface area contributed by atoms with Crippen LogP contribution in [0.4, 0.5) is 5.69 Å². The minimum absolute atomic E-state index is 0.178. The predicted octanol–water partition coefficient (Wildman–Crippen LogP) is 2.04. The molecule has 30 heavy (non-hydrogen) atoms. The van der Waals surface area contributed by atoms with Crippen molar-refractivity contribution >= 4 is 23.5 Å². The quantitative estimate of drug-likeness (QED) is 0.604. The Morgan fingerprint density at radius 3 is 2.53 bits per heavy atom. The van der Waals surface area contributed by atoms with E-state index in [1.807, 2.05) is 31.2 Å². The van der Waals surface area contributed by atoms with E-state index in [0.717, 1.165) is 11.3 Å². The minimum atomic E-state index is -0.556. The lowest BCUT2D eigenvalue weighted by Gasteiger charge is -2.08. The molecule has 0 fully saturated rings. The number of ether oxygens (including phenoxy) is 1. The second-order valence-electron chi connectivity index (χ2n) is 6.57. The Morgan fingerprint density at radius 2 is 1.80 bits per heavy atom. The number of amides is 2. The lowest BCUT2D eigenvalue weighted by Crippen LogP contribution is -2.30. The van der Waals surface area contributed by atoms with Crippen LogP contribution < -0.4 is 10.6 Å². The summed E-state index contributed by atoms with van der Waals surface area (Å²) in [6.45, 7) is 3.48. The average molecular weight is 407 g/mol. The van der Waals surface area contributed by atoms with Gasteiger partial charge in [0.1, 0.15) is 6.54 Å². The van der Waals surface area contributed by atoms with Crippen LogP contribution in [0.2, 0.25) is 0 Å². The Kier molecular flexibility index (Phi) is 6.21. The van der Waals surface area contributed by atoms with Gasteiger partial charge in [-0.05, 0) is 49.7 Å². The number of nitrogens with one attached hydrogen (secondary N) is 2. The van der Waals surface area contributed by atoms with Crippen LogP contribution in [0.15, 0.2) is 48.5 Å². The van der Waals surface area contributed by atoms with Gasteiger partial charge in [-0.15, -0.1) is 5.10 Å². The Labute approximate surface area is 173 Å². The molecule has 3 aromatic rings. The van der Waals surface area contributed by atoms with Gasteiger partial charge in [-0.3, -0.25) is 14.4 Å². The first-order chi connectivity index (χ1) is 14.4. The van der Waals surface area contributed by atoms with Crippen molar-refractivity contribution in [2.45, 2.75) is 13.8 Å². The van der Waals surface area contributed by atoms with E-state index < -0.39 is 17.8 Å². The zero-order valence-electron chi connectivity index (χ0n) is 16.8. The highest BCUT2D eigenvalue weighted by atomic mass is 16.5. The first kappa shape index (κ1) is 20.7. The SMILES string of the molecule is COC(=O)CNC(=O)c1cccc(NC(=O)c2nnn(-c3cccc(C)c3)c2C)c1. The number of carbonyl (C=O) groups is 3. The molecule has 0 saturated carbocycles. The molecule has 1 heterocycles. The minimum Gasteiger partial charge on any atom is -0.468 e. The van der Waals surface area contributed by atoms with Gasteiger partial charge >= 0.3 is 5.97 Å². The Balaban J connectivity index is 1.74. The number of anilines is 1. The van der Waals surface area contributed by atoms with Crippen molar-refractivity contribution in [3.05, 3.63) is 71.0 Å². The van der Waals surface area contributed by atoms with Gasteiger partial charge in [-0.25, -0.2) is 4.68 Å². The topological polar surface area (TPSA) is 115 Å². The van der Waals surface area contributed by atoms with Crippen molar-refractivity contribution in [2.24, 2.45) is 0 Å². The molecular weight excluding hydrogens is 386 g/mol. The van der Waals surface area contributed by atoms with E-state index in [1.54, 1.807) is 29.8 Å². The highest BCUT2D eigenvalue weighted by molar-refractivity contribution is 6.04. The van der Waals surface area contributed by atoms with E-state index in [-0.39, 0.29) is 17.8 Å². The molecule has 3 rings (SSSR count). The van der Waals surface area contributed by atoms with Crippen LogP contribution >= 0.6 is 0 Å². The fourth-order valence-electron chi connectivity index (χ4n) is 2.80. The molecule has 0 atom stereocenters. The predicted molar refractivity (Wildman–Crippen MR) is 110 cm³/mol. The second kappa shape index (κ2) is 8.99. The number of carbonyl (C=O) groups excluding carboxylic acids is 3. The monoisotopic (exact) mass is 407 g/mol. The number of hydrogen-bond acceptors (Lipinski definition) is 6. The Morgan fingerprint density at radius 1 is 1.03 bits per heavy atom. The van der Waals surface area contributed by atoms with Gasteiger partial charge < -0.3 is 15.4 Å². The highest BCUT2D eigenvalue weighted by Gasteiger charge is 2.18. The second-order valence-corrected chi connectivity index (χ2v) is 6.57. The van der Waals surface area contributed by atoms with Gasteiger partial charge in [0.15, 0.2) is 5.69 Å². The van der Waals surface area contributed by atoms with Crippen molar-refractivity contribution in [2.75, 3.05) is 19.0 Å². The van der Waals surface area contributed by atoms with Crippen LogP contribution in [-0.2, 0) is 9.53 Å². The van der Waals surface area contributed by atoms with Crippen LogP contribution in [-0.4, -0.2) is 46.4 Å². The number of rotatable bonds is 6. The first-order valence-corrected chi connectivity index (χ1v) is 9.15. The fourth-order valence-corrected chi connectivity index (χ4v) is 2.80. The molecule has 2 amide bonds. The maximum Gasteiger partial charge on any atom is 0.325 e. The maximum absolute atomic E-state index is 12.7. The molecule has 2 N–H and O–H groups in total. The van der Waals surface area contributed by atoms with E-state index in [4.69, 9.17) is 0 Å². The molecule has 0 bridgehead atoms. The summed E-state index contributed by atoms with van der Waals surface area (Å²) in [6, 6.07) is 14.0. The van der Waals surface area contributed by atoms with Gasteiger partial charge in [0.2, 0.25) is 0 Å². The fraction of sp³-hybridized carbons (Fsp3) is 0.190. The molecule has 2 aromatic carbocycles. The zero-order valence-corrected chi connectivity index (χ0v) is 16.8. The van der Waals surface area contributed by atoms with Gasteiger partial charge in [0, 0.05) is 11.3 Å². The molecule has 0 spiro atoms. The van der Waals surface area contributed by atoms with Crippen molar-refractivity contribution in [3.8, 4) is 5.69 Å². The lowest BCUT2D eigenvalue weighted by molar-refractivity contribution is -0.139. The highest BCUT2D eigenvalue weighted by Crippen LogP contribution is 2.16. The summed E-state index contributed by atoms with van der Waals surface area (Å²) in [5.74, 6) is -1.46. The van der Waals surface area contributed by atoms with Crippen molar-refractivity contribution in [3.63, 3.8) is 0 Å². The molecule has 0 aliphatic heterocycles. The summed E-state index contributed by atoms with van der Waals surface area (Å²) in [7, 11) is 1.24. The molecule has 9 heteroatoms. The number of nitrogens with zero attached hydrogens (tertiary/aromatic N) is 3. The van der Waals surface area contributed by atoms with Gasteiger partial charge in [0.05, 0.1) is 18.5 Å². The summed E-state index contributed by atoms with van der Waals surface area (Å²) in [5, 5.41) is 13.3. The van der Waals surface area contributed by atoms with Crippen LogP contribution in [0, 0.1) is 13.8 Å².